The molecule has 2 atom stereocenters. The predicted molar refractivity (Wildman–Crippen MR) is 83.1 cm³/mol. The highest BCUT2D eigenvalue weighted by atomic mass is 16.5. The zero-order valence-corrected chi connectivity index (χ0v) is 13.2. The van der Waals surface area contributed by atoms with Gasteiger partial charge in [-0.2, -0.15) is 0 Å². The second-order valence-electron chi connectivity index (χ2n) is 6.65. The molecule has 6 heteroatoms. The van der Waals surface area contributed by atoms with Gasteiger partial charge in [-0.05, 0) is 56.6 Å². The normalized spacial score (nSPS) is 23.8. The van der Waals surface area contributed by atoms with Gasteiger partial charge in [0.15, 0.2) is 0 Å². The lowest BCUT2D eigenvalue weighted by Gasteiger charge is -2.48. The highest BCUT2D eigenvalue weighted by molar-refractivity contribution is 5.95. The molecule has 6 nitrogen and oxygen atoms in total. The summed E-state index contributed by atoms with van der Waals surface area (Å²) < 4.78 is 5.85. The van der Waals surface area contributed by atoms with Crippen molar-refractivity contribution in [3.63, 3.8) is 0 Å². The molecule has 2 unspecified atom stereocenters. The van der Waals surface area contributed by atoms with Crippen LogP contribution in [0.15, 0.2) is 18.3 Å². The summed E-state index contributed by atoms with van der Waals surface area (Å²) in [7, 11) is 0. The molecule has 0 bridgehead atoms. The lowest BCUT2D eigenvalue weighted by atomic mass is 9.70. The van der Waals surface area contributed by atoms with Crippen molar-refractivity contribution in [2.24, 2.45) is 5.92 Å². The van der Waals surface area contributed by atoms with Gasteiger partial charge in [-0.15, -0.1) is 0 Å². The van der Waals surface area contributed by atoms with Gasteiger partial charge in [0.25, 0.3) is 5.91 Å². The Balaban J connectivity index is 1.70. The Morgan fingerprint density at radius 2 is 2.22 bits per heavy atom. The average Bonchev–Trinajstić information content (AvgIpc) is 2.51. The summed E-state index contributed by atoms with van der Waals surface area (Å²) in [6.07, 6.45) is 6.06. The van der Waals surface area contributed by atoms with Gasteiger partial charge >= 0.3 is 5.97 Å². The van der Waals surface area contributed by atoms with Crippen LogP contribution in [0.5, 0.6) is 0 Å². The Labute approximate surface area is 135 Å². The molecule has 1 amide bonds. The van der Waals surface area contributed by atoms with Crippen LogP contribution in [0.2, 0.25) is 0 Å². The maximum absolute atomic E-state index is 12.3. The number of amides is 1. The molecule has 1 aromatic rings. The number of ether oxygens (including phenoxy) is 1. The van der Waals surface area contributed by atoms with Crippen molar-refractivity contribution in [3.05, 3.63) is 29.6 Å². The number of rotatable bonds is 4. The number of hydrogen-bond donors (Lipinski definition) is 2. The average molecular weight is 318 g/mol. The molecule has 0 radical (unpaired) electrons. The molecular formula is C17H22N2O4. The van der Waals surface area contributed by atoms with E-state index in [-0.39, 0.29) is 17.2 Å². The summed E-state index contributed by atoms with van der Waals surface area (Å²) in [5.41, 5.74) is 1.05. The van der Waals surface area contributed by atoms with Crippen LogP contribution < -0.4 is 5.32 Å². The summed E-state index contributed by atoms with van der Waals surface area (Å²) in [6.45, 7) is 2.45. The largest absolute Gasteiger partial charge is 0.480 e. The lowest BCUT2D eigenvalue weighted by Crippen LogP contribution is -2.53. The first-order chi connectivity index (χ1) is 11.0. The SMILES string of the molecule is Cc1ccc(C(=O)NC(C(=O)O)C2CCOC3(CCC3)C2)nc1. The number of aromatic nitrogens is 1. The van der Waals surface area contributed by atoms with E-state index in [1.807, 2.05) is 6.92 Å². The van der Waals surface area contributed by atoms with Crippen molar-refractivity contribution in [1.29, 1.82) is 0 Å². The molecule has 124 valence electrons. The van der Waals surface area contributed by atoms with Crippen LogP contribution in [-0.2, 0) is 9.53 Å². The summed E-state index contributed by atoms with van der Waals surface area (Å²) in [5, 5.41) is 12.2. The lowest BCUT2D eigenvalue weighted by molar-refractivity contribution is -0.157. The second-order valence-corrected chi connectivity index (χ2v) is 6.65. The fraction of sp³-hybridized carbons (Fsp3) is 0.588. The smallest absolute Gasteiger partial charge is 0.326 e. The minimum absolute atomic E-state index is 0.101. The van der Waals surface area contributed by atoms with Crippen molar-refractivity contribution in [3.8, 4) is 0 Å². The summed E-state index contributed by atoms with van der Waals surface area (Å²) in [5.74, 6) is -1.53. The van der Waals surface area contributed by atoms with E-state index in [1.54, 1.807) is 18.3 Å². The van der Waals surface area contributed by atoms with E-state index >= 15 is 0 Å². The maximum Gasteiger partial charge on any atom is 0.326 e. The topological polar surface area (TPSA) is 88.5 Å². The highest BCUT2D eigenvalue weighted by Gasteiger charge is 2.46. The molecule has 1 saturated carbocycles. The Kier molecular flexibility index (Phi) is 4.35. The van der Waals surface area contributed by atoms with Crippen LogP contribution in [0.3, 0.4) is 0 Å². The number of carboxylic acids is 1. The first kappa shape index (κ1) is 15.9. The third-order valence-electron chi connectivity index (χ3n) is 4.96. The number of nitrogens with one attached hydrogen (secondary N) is 1. The number of nitrogens with zero attached hydrogens (tertiary/aromatic N) is 1. The fourth-order valence-corrected chi connectivity index (χ4v) is 3.47. The van der Waals surface area contributed by atoms with Crippen molar-refractivity contribution < 1.29 is 19.4 Å². The van der Waals surface area contributed by atoms with Crippen LogP contribution in [0.1, 0.15) is 48.2 Å². The first-order valence-electron chi connectivity index (χ1n) is 8.09. The van der Waals surface area contributed by atoms with E-state index in [0.717, 1.165) is 24.8 Å². The number of hydrogen-bond acceptors (Lipinski definition) is 4. The van der Waals surface area contributed by atoms with E-state index in [9.17, 15) is 14.7 Å². The third-order valence-corrected chi connectivity index (χ3v) is 4.96. The summed E-state index contributed by atoms with van der Waals surface area (Å²) in [6, 6.07) is 2.50. The molecular weight excluding hydrogens is 296 g/mol. The zero-order valence-electron chi connectivity index (χ0n) is 13.2. The highest BCUT2D eigenvalue weighted by Crippen LogP contribution is 2.45. The van der Waals surface area contributed by atoms with Crippen LogP contribution in [0.25, 0.3) is 0 Å². The molecule has 1 aliphatic carbocycles. The number of pyridine rings is 1. The number of carboxylic acid groups (broad SMARTS) is 1. The van der Waals surface area contributed by atoms with E-state index in [0.29, 0.717) is 19.4 Å². The zero-order chi connectivity index (χ0) is 16.4. The van der Waals surface area contributed by atoms with Crippen LogP contribution in [-0.4, -0.2) is 40.2 Å². The molecule has 2 fully saturated rings. The van der Waals surface area contributed by atoms with Gasteiger partial charge in [0.2, 0.25) is 0 Å². The molecule has 2 heterocycles. The van der Waals surface area contributed by atoms with E-state index in [4.69, 9.17) is 4.74 Å². The van der Waals surface area contributed by atoms with E-state index in [1.165, 1.54) is 0 Å². The van der Waals surface area contributed by atoms with E-state index in [2.05, 4.69) is 10.3 Å². The number of aliphatic carboxylic acids is 1. The fourth-order valence-electron chi connectivity index (χ4n) is 3.47. The minimum Gasteiger partial charge on any atom is -0.480 e. The van der Waals surface area contributed by atoms with Gasteiger partial charge < -0.3 is 15.2 Å². The molecule has 2 aliphatic rings. The Bertz CT molecular complexity index is 595. The molecule has 2 N–H and O–H groups in total. The Morgan fingerprint density at radius 1 is 1.43 bits per heavy atom. The standard InChI is InChI=1S/C17H22N2O4/c1-11-3-4-13(18-10-11)15(20)19-14(16(21)22)12-5-8-23-17(9-12)6-2-7-17/h3-4,10,12,14H,2,5-9H2,1H3,(H,19,20)(H,21,22). The van der Waals surface area contributed by atoms with Gasteiger partial charge in [-0.25, -0.2) is 4.79 Å². The van der Waals surface area contributed by atoms with Gasteiger partial charge in [-0.1, -0.05) is 6.07 Å². The molecule has 23 heavy (non-hydrogen) atoms. The van der Waals surface area contributed by atoms with Crippen LogP contribution in [0.4, 0.5) is 0 Å². The third kappa shape index (κ3) is 3.37. The van der Waals surface area contributed by atoms with Crippen LogP contribution in [0, 0.1) is 12.8 Å². The van der Waals surface area contributed by atoms with Crippen LogP contribution >= 0.6 is 0 Å². The Hall–Kier alpha value is -1.95. The minimum atomic E-state index is -0.994. The second kappa shape index (κ2) is 6.28. The monoisotopic (exact) mass is 318 g/mol. The Morgan fingerprint density at radius 3 is 2.78 bits per heavy atom. The predicted octanol–water partition coefficient (Wildman–Crippen LogP) is 1.92. The van der Waals surface area contributed by atoms with Crippen molar-refractivity contribution in [2.45, 2.75) is 50.7 Å². The molecule has 1 aromatic heterocycles. The van der Waals surface area contributed by atoms with Gasteiger partial charge in [0.05, 0.1) is 5.60 Å². The molecule has 1 spiro atoms. The first-order valence-corrected chi connectivity index (χ1v) is 8.09. The number of carbonyl (C=O) groups excluding carboxylic acids is 1. The summed E-state index contributed by atoms with van der Waals surface area (Å²) >= 11 is 0. The summed E-state index contributed by atoms with van der Waals surface area (Å²) in [4.78, 5) is 28.0. The molecule has 1 saturated heterocycles. The van der Waals surface area contributed by atoms with Gasteiger partial charge in [0.1, 0.15) is 11.7 Å². The van der Waals surface area contributed by atoms with Crippen molar-refractivity contribution in [1.82, 2.24) is 10.3 Å². The molecule has 0 aromatic carbocycles. The quantitative estimate of drug-likeness (QED) is 0.885. The van der Waals surface area contributed by atoms with Gasteiger partial charge in [0, 0.05) is 12.8 Å². The van der Waals surface area contributed by atoms with Crippen molar-refractivity contribution in [2.75, 3.05) is 6.61 Å². The van der Waals surface area contributed by atoms with E-state index < -0.39 is 17.9 Å². The van der Waals surface area contributed by atoms with Crippen molar-refractivity contribution >= 4 is 11.9 Å². The number of aryl methyl sites for hydroxylation is 1. The maximum atomic E-state index is 12.3. The molecule has 3 rings (SSSR count). The number of carbonyl (C=O) groups is 2. The van der Waals surface area contributed by atoms with Gasteiger partial charge in [-0.3, -0.25) is 9.78 Å². The molecule has 1 aliphatic heterocycles.